The van der Waals surface area contributed by atoms with Crippen molar-refractivity contribution in [2.45, 2.75) is 31.4 Å². The van der Waals surface area contributed by atoms with E-state index < -0.39 is 45.2 Å². The zero-order valence-electron chi connectivity index (χ0n) is 17.7. The van der Waals surface area contributed by atoms with Gasteiger partial charge in [0.1, 0.15) is 5.82 Å². The Bertz CT molecular complexity index is 1200. The second kappa shape index (κ2) is 8.90. The zero-order valence-corrected chi connectivity index (χ0v) is 19.2. The Kier molecular flexibility index (Phi) is 6.32. The van der Waals surface area contributed by atoms with Gasteiger partial charge in [0.25, 0.3) is 15.9 Å². The third-order valence-electron chi connectivity index (χ3n) is 5.63. The normalized spacial score (nSPS) is 22.2. The second-order valence-corrected chi connectivity index (χ2v) is 10.0. The van der Waals surface area contributed by atoms with Gasteiger partial charge in [-0.25, -0.2) is 18.2 Å². The molecule has 1 amide bonds. The predicted molar refractivity (Wildman–Crippen MR) is 119 cm³/mol. The number of amides is 1. The van der Waals surface area contributed by atoms with Gasteiger partial charge in [0.2, 0.25) is 0 Å². The number of ether oxygens (including phenoxy) is 2. The molecule has 1 saturated heterocycles. The number of anilines is 2. The summed E-state index contributed by atoms with van der Waals surface area (Å²) in [6.07, 6.45) is -0.679. The van der Waals surface area contributed by atoms with Crippen molar-refractivity contribution >= 4 is 44.9 Å². The summed E-state index contributed by atoms with van der Waals surface area (Å²) >= 11 is 5.95. The molecular weight excluding hydrogens is 477 g/mol. The minimum atomic E-state index is -4.07. The van der Waals surface area contributed by atoms with E-state index in [-0.39, 0.29) is 34.9 Å². The van der Waals surface area contributed by atoms with Crippen molar-refractivity contribution in [3.05, 3.63) is 58.4 Å². The number of carbonyl (C=O) groups is 2. The van der Waals surface area contributed by atoms with Crippen LogP contribution in [0.5, 0.6) is 0 Å². The lowest BCUT2D eigenvalue weighted by Gasteiger charge is -2.23. The number of nitrogens with one attached hydrogen (secondary N) is 2. The summed E-state index contributed by atoms with van der Waals surface area (Å²) in [7, 11) is -2.84. The zero-order chi connectivity index (χ0) is 23.9. The SMILES string of the molecule is COC(=O)C1CC(S(=O)(=O)N2NCc3ccc(NC(=O)c4c(F)cccc4Cl)cc32)OC1C. The van der Waals surface area contributed by atoms with E-state index in [1.807, 2.05) is 0 Å². The van der Waals surface area contributed by atoms with E-state index in [2.05, 4.69) is 10.7 Å². The van der Waals surface area contributed by atoms with E-state index >= 15 is 0 Å². The first-order chi connectivity index (χ1) is 15.6. The first kappa shape index (κ1) is 23.4. The highest BCUT2D eigenvalue weighted by molar-refractivity contribution is 7.93. The summed E-state index contributed by atoms with van der Waals surface area (Å²) < 4.78 is 51.9. The van der Waals surface area contributed by atoms with Gasteiger partial charge in [0.15, 0.2) is 5.44 Å². The molecule has 176 valence electrons. The van der Waals surface area contributed by atoms with Gasteiger partial charge >= 0.3 is 5.97 Å². The van der Waals surface area contributed by atoms with Crippen LogP contribution in [0, 0.1) is 11.7 Å². The summed E-state index contributed by atoms with van der Waals surface area (Å²) in [5.74, 6) is -2.79. The van der Waals surface area contributed by atoms with Gasteiger partial charge in [0.05, 0.1) is 35.4 Å². The quantitative estimate of drug-likeness (QED) is 0.610. The average Bonchev–Trinajstić information content (AvgIpc) is 3.37. The fourth-order valence-electron chi connectivity index (χ4n) is 3.90. The van der Waals surface area contributed by atoms with Gasteiger partial charge in [-0.3, -0.25) is 9.59 Å². The van der Waals surface area contributed by atoms with Crippen LogP contribution in [0.25, 0.3) is 0 Å². The molecule has 1 fully saturated rings. The first-order valence-corrected chi connectivity index (χ1v) is 11.9. The van der Waals surface area contributed by atoms with Crippen LogP contribution >= 0.6 is 11.6 Å². The monoisotopic (exact) mass is 497 g/mol. The molecule has 3 unspecified atom stereocenters. The molecule has 0 radical (unpaired) electrons. The Morgan fingerprint density at radius 2 is 2.06 bits per heavy atom. The lowest BCUT2D eigenvalue weighted by molar-refractivity contribution is -0.146. The maximum atomic E-state index is 14.1. The number of sulfonamides is 1. The molecule has 2 N–H and O–H groups in total. The number of esters is 1. The first-order valence-electron chi connectivity index (χ1n) is 10.0. The summed E-state index contributed by atoms with van der Waals surface area (Å²) in [5.41, 5.74) is 2.41. The van der Waals surface area contributed by atoms with E-state index in [0.29, 0.717) is 5.56 Å². The molecule has 33 heavy (non-hydrogen) atoms. The molecule has 0 aromatic heterocycles. The van der Waals surface area contributed by atoms with Gasteiger partial charge in [-0.15, -0.1) is 0 Å². The van der Waals surface area contributed by atoms with Crippen LogP contribution in [-0.4, -0.2) is 38.9 Å². The van der Waals surface area contributed by atoms with Gasteiger partial charge < -0.3 is 14.8 Å². The third-order valence-corrected chi connectivity index (χ3v) is 7.75. The molecule has 0 bridgehead atoms. The van der Waals surface area contributed by atoms with Gasteiger partial charge in [0, 0.05) is 18.7 Å². The summed E-state index contributed by atoms with van der Waals surface area (Å²) in [5, 5.41) is 2.49. The molecule has 0 saturated carbocycles. The van der Waals surface area contributed by atoms with Crippen LogP contribution in [0.4, 0.5) is 15.8 Å². The topological polar surface area (TPSA) is 114 Å². The van der Waals surface area contributed by atoms with Crippen molar-refractivity contribution in [2.24, 2.45) is 5.92 Å². The van der Waals surface area contributed by atoms with E-state index in [9.17, 15) is 22.4 Å². The van der Waals surface area contributed by atoms with E-state index in [4.69, 9.17) is 21.1 Å². The highest BCUT2D eigenvalue weighted by Crippen LogP contribution is 2.37. The largest absolute Gasteiger partial charge is 0.469 e. The predicted octanol–water partition coefficient (Wildman–Crippen LogP) is 2.81. The van der Waals surface area contributed by atoms with Gasteiger partial charge in [-0.05, 0) is 36.8 Å². The molecule has 2 aromatic rings. The molecular formula is C21H21ClFN3O6S. The Balaban J connectivity index is 1.58. The Morgan fingerprint density at radius 3 is 2.76 bits per heavy atom. The number of fused-ring (bicyclic) bond motifs is 1. The average molecular weight is 498 g/mol. The second-order valence-electron chi connectivity index (χ2n) is 7.67. The summed E-state index contributed by atoms with van der Waals surface area (Å²) in [6, 6.07) is 8.57. The molecule has 2 aromatic carbocycles. The molecule has 2 aliphatic heterocycles. The standard InChI is InChI=1S/C21H21ClFN3O6S/c1-11-14(21(28)31-2)9-18(32-11)33(29,30)26-17-8-13(7-6-12(17)10-24-26)25-20(27)19-15(22)4-3-5-16(19)23/h3-8,11,14,18,24H,9-10H2,1-2H3,(H,25,27). The maximum absolute atomic E-state index is 14.1. The molecule has 9 nitrogen and oxygen atoms in total. The fraction of sp³-hybridized carbons (Fsp3) is 0.333. The number of benzene rings is 2. The molecule has 4 rings (SSSR count). The number of hydrogen-bond acceptors (Lipinski definition) is 7. The Hall–Kier alpha value is -2.73. The Morgan fingerprint density at radius 1 is 1.30 bits per heavy atom. The van der Waals surface area contributed by atoms with Crippen molar-refractivity contribution in [1.29, 1.82) is 0 Å². The lowest BCUT2D eigenvalue weighted by atomic mass is 10.0. The number of nitrogens with zero attached hydrogens (tertiary/aromatic N) is 1. The number of hydrogen-bond donors (Lipinski definition) is 2. The molecule has 2 aliphatic rings. The smallest absolute Gasteiger partial charge is 0.311 e. The number of carbonyl (C=O) groups excluding carboxylic acids is 2. The van der Waals surface area contributed by atoms with Crippen LogP contribution < -0.4 is 15.2 Å². The number of rotatable bonds is 5. The highest BCUT2D eigenvalue weighted by atomic mass is 35.5. The minimum Gasteiger partial charge on any atom is -0.469 e. The third kappa shape index (κ3) is 4.29. The van der Waals surface area contributed by atoms with Crippen molar-refractivity contribution in [1.82, 2.24) is 5.43 Å². The molecule has 0 spiro atoms. The summed E-state index contributed by atoms with van der Waals surface area (Å²) in [4.78, 5) is 24.5. The minimum absolute atomic E-state index is 0.0489. The lowest BCUT2D eigenvalue weighted by Crippen LogP contribution is -2.44. The van der Waals surface area contributed by atoms with Crippen LogP contribution in [0.2, 0.25) is 5.02 Å². The van der Waals surface area contributed by atoms with Crippen LogP contribution in [-0.2, 0) is 30.8 Å². The van der Waals surface area contributed by atoms with Crippen molar-refractivity contribution < 1.29 is 31.9 Å². The van der Waals surface area contributed by atoms with Crippen LogP contribution in [0.15, 0.2) is 36.4 Å². The van der Waals surface area contributed by atoms with Crippen molar-refractivity contribution in [3.8, 4) is 0 Å². The number of methoxy groups -OCH3 is 1. The molecule has 3 atom stereocenters. The van der Waals surface area contributed by atoms with E-state index in [1.54, 1.807) is 19.1 Å². The fourth-order valence-corrected chi connectivity index (χ4v) is 5.83. The number of hydrazine groups is 1. The highest BCUT2D eigenvalue weighted by Gasteiger charge is 2.47. The van der Waals surface area contributed by atoms with Gasteiger partial charge in [-0.1, -0.05) is 23.7 Å². The molecule has 2 heterocycles. The molecule has 0 aliphatic carbocycles. The van der Waals surface area contributed by atoms with Gasteiger partial charge in [-0.2, -0.15) is 4.41 Å². The van der Waals surface area contributed by atoms with E-state index in [0.717, 1.165) is 10.5 Å². The van der Waals surface area contributed by atoms with Crippen molar-refractivity contribution in [2.75, 3.05) is 16.8 Å². The summed E-state index contributed by atoms with van der Waals surface area (Å²) in [6.45, 7) is 1.84. The number of halogens is 2. The van der Waals surface area contributed by atoms with Crippen molar-refractivity contribution in [3.63, 3.8) is 0 Å². The Labute approximate surface area is 194 Å². The maximum Gasteiger partial charge on any atom is 0.311 e. The van der Waals surface area contributed by atoms with E-state index in [1.165, 1.54) is 25.3 Å². The molecule has 12 heteroatoms. The van der Waals surface area contributed by atoms with Crippen LogP contribution in [0.3, 0.4) is 0 Å². The van der Waals surface area contributed by atoms with Crippen LogP contribution in [0.1, 0.15) is 29.3 Å².